The van der Waals surface area contributed by atoms with Crippen molar-refractivity contribution < 1.29 is 9.53 Å². The number of amides is 1. The van der Waals surface area contributed by atoms with Gasteiger partial charge in [0.05, 0.1) is 23.1 Å². The summed E-state index contributed by atoms with van der Waals surface area (Å²) in [5.74, 6) is 0.313. The summed E-state index contributed by atoms with van der Waals surface area (Å²) in [4.78, 5) is 21.3. The maximum atomic E-state index is 12.4. The quantitative estimate of drug-likeness (QED) is 0.851. The SMILES string of the molecule is CN(C)C(=O)c1cn[nH]c1[C@H]1CCCN(Cc2csc([C@@H]3CCCO3)n2)C1. The van der Waals surface area contributed by atoms with E-state index < -0.39 is 0 Å². The zero-order chi connectivity index (χ0) is 18.8. The number of hydrogen-bond donors (Lipinski definition) is 1. The summed E-state index contributed by atoms with van der Waals surface area (Å²) in [6, 6.07) is 0. The Bertz CT molecular complexity index is 781. The number of aromatic amines is 1. The Balaban J connectivity index is 1.42. The van der Waals surface area contributed by atoms with Crippen molar-refractivity contribution in [2.75, 3.05) is 33.8 Å². The molecule has 0 bridgehead atoms. The number of aromatic nitrogens is 3. The number of likely N-dealkylation sites (tertiary alicyclic amines) is 1. The Morgan fingerprint density at radius 1 is 1.41 bits per heavy atom. The Kier molecular flexibility index (Phi) is 5.56. The maximum Gasteiger partial charge on any atom is 0.256 e. The van der Waals surface area contributed by atoms with Crippen LogP contribution >= 0.6 is 11.3 Å². The molecule has 0 saturated carbocycles. The maximum absolute atomic E-state index is 12.4. The fraction of sp³-hybridized carbons (Fsp3) is 0.632. The van der Waals surface area contributed by atoms with Crippen molar-refractivity contribution in [1.29, 1.82) is 0 Å². The first-order chi connectivity index (χ1) is 13.1. The molecule has 0 aromatic carbocycles. The third-order valence-electron chi connectivity index (χ3n) is 5.38. The zero-order valence-electron chi connectivity index (χ0n) is 16.0. The molecule has 2 aromatic heterocycles. The number of H-pyrrole nitrogens is 1. The molecule has 2 atom stereocenters. The Labute approximate surface area is 163 Å². The predicted octanol–water partition coefficient (Wildman–Crippen LogP) is 2.80. The first kappa shape index (κ1) is 18.6. The average Bonchev–Trinajstić information content (AvgIpc) is 3.41. The number of hydrogen-bond acceptors (Lipinski definition) is 6. The van der Waals surface area contributed by atoms with Crippen LogP contribution in [-0.4, -0.2) is 64.7 Å². The Morgan fingerprint density at radius 2 is 2.30 bits per heavy atom. The lowest BCUT2D eigenvalue weighted by Crippen LogP contribution is -2.35. The number of carbonyl (C=O) groups is 1. The van der Waals surface area contributed by atoms with Gasteiger partial charge in [-0.3, -0.25) is 14.8 Å². The van der Waals surface area contributed by atoms with E-state index in [1.54, 1.807) is 36.5 Å². The van der Waals surface area contributed by atoms with E-state index in [1.807, 2.05) is 0 Å². The molecule has 27 heavy (non-hydrogen) atoms. The molecule has 4 rings (SSSR count). The van der Waals surface area contributed by atoms with Crippen LogP contribution in [0.3, 0.4) is 0 Å². The molecular weight excluding hydrogens is 362 g/mol. The van der Waals surface area contributed by atoms with Crippen LogP contribution in [0.2, 0.25) is 0 Å². The lowest BCUT2D eigenvalue weighted by Gasteiger charge is -2.32. The van der Waals surface area contributed by atoms with Gasteiger partial charge in [-0.15, -0.1) is 11.3 Å². The summed E-state index contributed by atoms with van der Waals surface area (Å²) in [5.41, 5.74) is 2.79. The van der Waals surface area contributed by atoms with E-state index in [4.69, 9.17) is 9.72 Å². The van der Waals surface area contributed by atoms with Crippen molar-refractivity contribution in [3.05, 3.63) is 33.5 Å². The number of carbonyl (C=O) groups excluding carboxylic acids is 1. The molecule has 1 amide bonds. The van der Waals surface area contributed by atoms with Crippen molar-refractivity contribution in [2.24, 2.45) is 0 Å². The molecule has 2 saturated heterocycles. The zero-order valence-corrected chi connectivity index (χ0v) is 16.8. The summed E-state index contributed by atoms with van der Waals surface area (Å²) >= 11 is 1.71. The molecule has 0 aliphatic carbocycles. The molecule has 146 valence electrons. The molecule has 2 aliphatic rings. The first-order valence-corrected chi connectivity index (χ1v) is 10.5. The molecule has 1 N–H and O–H groups in total. The summed E-state index contributed by atoms with van der Waals surface area (Å²) in [7, 11) is 3.56. The van der Waals surface area contributed by atoms with Crippen molar-refractivity contribution in [3.8, 4) is 0 Å². The molecule has 0 spiro atoms. The monoisotopic (exact) mass is 389 g/mol. The van der Waals surface area contributed by atoms with Crippen molar-refractivity contribution in [2.45, 2.75) is 44.2 Å². The van der Waals surface area contributed by atoms with Gasteiger partial charge >= 0.3 is 0 Å². The van der Waals surface area contributed by atoms with Crippen molar-refractivity contribution >= 4 is 17.2 Å². The standard InChI is InChI=1S/C19H27N5O2S/c1-23(2)19(25)15-9-20-22-17(15)13-5-3-7-24(10-13)11-14-12-27-18(21-14)16-6-4-8-26-16/h9,12-13,16H,3-8,10-11H2,1-2H3,(H,20,22)/t13-,16-/m0/s1. The molecule has 7 nitrogen and oxygen atoms in total. The lowest BCUT2D eigenvalue weighted by molar-refractivity contribution is 0.0825. The molecule has 0 unspecified atom stereocenters. The van der Waals surface area contributed by atoms with Crippen LogP contribution in [0.25, 0.3) is 0 Å². The molecule has 2 aliphatic heterocycles. The van der Waals surface area contributed by atoms with Gasteiger partial charge in [-0.25, -0.2) is 4.98 Å². The highest BCUT2D eigenvalue weighted by molar-refractivity contribution is 7.09. The summed E-state index contributed by atoms with van der Waals surface area (Å²) < 4.78 is 5.75. The number of nitrogens with one attached hydrogen (secondary N) is 1. The number of rotatable bonds is 5. The second-order valence-corrected chi connectivity index (χ2v) is 8.54. The van der Waals surface area contributed by atoms with E-state index in [-0.39, 0.29) is 12.0 Å². The number of piperidine rings is 1. The first-order valence-electron chi connectivity index (χ1n) is 9.65. The molecule has 0 radical (unpaired) electrons. The highest BCUT2D eigenvalue weighted by atomic mass is 32.1. The molecule has 2 fully saturated rings. The lowest BCUT2D eigenvalue weighted by atomic mass is 9.92. The second kappa shape index (κ2) is 8.08. The van der Waals surface area contributed by atoms with Gasteiger partial charge in [0.15, 0.2) is 0 Å². The number of nitrogens with zero attached hydrogens (tertiary/aromatic N) is 4. The van der Waals surface area contributed by atoms with E-state index >= 15 is 0 Å². The largest absolute Gasteiger partial charge is 0.371 e. The van der Waals surface area contributed by atoms with Crippen LogP contribution in [0.15, 0.2) is 11.6 Å². The van der Waals surface area contributed by atoms with E-state index in [9.17, 15) is 4.79 Å². The number of ether oxygens (including phenoxy) is 1. The highest BCUT2D eigenvalue weighted by Gasteiger charge is 2.28. The molecular formula is C19H27N5O2S. The van der Waals surface area contributed by atoms with Gasteiger partial charge in [0.25, 0.3) is 5.91 Å². The van der Waals surface area contributed by atoms with Gasteiger partial charge in [0.2, 0.25) is 0 Å². The van der Waals surface area contributed by atoms with E-state index in [0.29, 0.717) is 11.5 Å². The minimum Gasteiger partial charge on any atom is -0.371 e. The van der Waals surface area contributed by atoms with Gasteiger partial charge in [-0.05, 0) is 32.2 Å². The van der Waals surface area contributed by atoms with Crippen LogP contribution in [-0.2, 0) is 11.3 Å². The van der Waals surface area contributed by atoms with Crippen LogP contribution < -0.4 is 0 Å². The van der Waals surface area contributed by atoms with E-state index in [0.717, 1.165) is 68.3 Å². The van der Waals surface area contributed by atoms with Gasteiger partial charge in [-0.2, -0.15) is 5.10 Å². The van der Waals surface area contributed by atoms with E-state index in [2.05, 4.69) is 20.5 Å². The van der Waals surface area contributed by atoms with Crippen molar-refractivity contribution in [3.63, 3.8) is 0 Å². The topological polar surface area (TPSA) is 74.4 Å². The van der Waals surface area contributed by atoms with Crippen LogP contribution in [0.5, 0.6) is 0 Å². The van der Waals surface area contributed by atoms with Gasteiger partial charge in [0.1, 0.15) is 11.1 Å². The smallest absolute Gasteiger partial charge is 0.256 e. The van der Waals surface area contributed by atoms with Gasteiger partial charge in [0, 0.05) is 45.1 Å². The summed E-state index contributed by atoms with van der Waals surface area (Å²) in [5, 5.41) is 10.5. The van der Waals surface area contributed by atoms with Crippen molar-refractivity contribution in [1.82, 2.24) is 25.0 Å². The number of thiazole rings is 1. The third-order valence-corrected chi connectivity index (χ3v) is 6.37. The normalized spacial score (nSPS) is 23.6. The van der Waals surface area contributed by atoms with Gasteiger partial charge < -0.3 is 9.64 Å². The summed E-state index contributed by atoms with van der Waals surface area (Å²) in [6.45, 7) is 3.69. The fourth-order valence-electron chi connectivity index (χ4n) is 4.00. The molecule has 8 heteroatoms. The second-order valence-electron chi connectivity index (χ2n) is 7.65. The highest BCUT2D eigenvalue weighted by Crippen LogP contribution is 2.32. The van der Waals surface area contributed by atoms with Crippen LogP contribution in [0.4, 0.5) is 0 Å². The third kappa shape index (κ3) is 4.07. The van der Waals surface area contributed by atoms with E-state index in [1.165, 1.54) is 0 Å². The fourth-order valence-corrected chi connectivity index (χ4v) is 4.89. The average molecular weight is 390 g/mol. The molecule has 2 aromatic rings. The predicted molar refractivity (Wildman–Crippen MR) is 104 cm³/mol. The minimum atomic E-state index is 0.0107. The Hall–Kier alpha value is -1.77. The Morgan fingerprint density at radius 3 is 3.07 bits per heavy atom. The van der Waals surface area contributed by atoms with Gasteiger partial charge in [-0.1, -0.05) is 0 Å². The minimum absolute atomic E-state index is 0.0107. The summed E-state index contributed by atoms with van der Waals surface area (Å²) in [6.07, 6.45) is 6.26. The van der Waals surface area contributed by atoms with Crippen LogP contribution in [0, 0.1) is 0 Å². The molecule has 4 heterocycles. The van der Waals surface area contributed by atoms with Crippen LogP contribution in [0.1, 0.15) is 64.5 Å².